The van der Waals surface area contributed by atoms with Crippen molar-refractivity contribution < 1.29 is 14.3 Å². The molecule has 2 aliphatic heterocycles. The molecule has 1 amide bonds. The van der Waals surface area contributed by atoms with Gasteiger partial charge in [-0.1, -0.05) is 43.0 Å². The smallest absolute Gasteiger partial charge is 0.247 e. The molecule has 0 bridgehead atoms. The molecule has 6 heterocycles. The number of amides is 1. The number of hydrogen-bond donors (Lipinski definition) is 4. The van der Waals surface area contributed by atoms with Crippen molar-refractivity contribution >= 4 is 73.7 Å². The Labute approximate surface area is 433 Å². The number of hydrogen-bond acceptors (Lipinski definition) is 14. The van der Waals surface area contributed by atoms with Crippen LogP contribution in [0.15, 0.2) is 110 Å². The summed E-state index contributed by atoms with van der Waals surface area (Å²) in [6.07, 6.45) is 4.84. The molecule has 4 aromatic heterocycles. The molecule has 0 saturated carbocycles. The highest BCUT2D eigenvalue weighted by atomic mass is 16.5. The highest BCUT2D eigenvalue weighted by molar-refractivity contribution is 6.02. The van der Waals surface area contributed by atoms with Gasteiger partial charge < -0.3 is 59.9 Å². The molecular formula is C57H68N14O3. The van der Waals surface area contributed by atoms with E-state index in [0.29, 0.717) is 37.4 Å². The minimum Gasteiger partial charge on any atom is -0.397 e. The second-order valence-electron chi connectivity index (χ2n) is 19.4. The number of aromatic nitrogens is 6. The van der Waals surface area contributed by atoms with Crippen molar-refractivity contribution in [3.63, 3.8) is 0 Å². The molecule has 384 valence electrons. The highest BCUT2D eigenvalue weighted by Gasteiger charge is 2.24. The Morgan fingerprint density at radius 2 is 1.12 bits per heavy atom. The lowest BCUT2D eigenvalue weighted by molar-refractivity contribution is -0.111. The maximum Gasteiger partial charge on any atom is 0.247 e. The van der Waals surface area contributed by atoms with Crippen LogP contribution in [0.1, 0.15) is 22.5 Å². The van der Waals surface area contributed by atoms with Gasteiger partial charge >= 0.3 is 0 Å². The summed E-state index contributed by atoms with van der Waals surface area (Å²) in [5.74, 6) is 0.753. The summed E-state index contributed by atoms with van der Waals surface area (Å²) in [6, 6.07) is 28.9. The van der Waals surface area contributed by atoms with E-state index in [1.165, 1.54) is 22.5 Å². The van der Waals surface area contributed by atoms with Gasteiger partial charge in [-0.2, -0.15) is 0 Å². The van der Waals surface area contributed by atoms with Crippen LogP contribution in [0.2, 0.25) is 0 Å². The number of ether oxygens (including phenoxy) is 2. The third-order valence-corrected chi connectivity index (χ3v) is 13.6. The number of nitrogens with two attached hydrogens (primary N) is 1. The Morgan fingerprint density at radius 3 is 1.62 bits per heavy atom. The number of nitrogen functional groups attached to an aromatic ring is 1. The fourth-order valence-electron chi connectivity index (χ4n) is 9.64. The lowest BCUT2D eigenvalue weighted by Crippen LogP contribution is -2.29. The van der Waals surface area contributed by atoms with Crippen LogP contribution < -0.4 is 31.5 Å². The number of para-hydroxylation sites is 2. The van der Waals surface area contributed by atoms with Gasteiger partial charge in [0, 0.05) is 110 Å². The SMILES string of the molecule is C=CC(=O)Nc1cc(Nc2nccc(-c3c4n(c5ccccc35)CCOC4)n2)c(C)cc1N(C)CCN(C)C.Cc1cc(N(C)CCN(C)C)c(N)cc1Nc1nccc(-c2c3n(c4ccccc24)CCOC3)n1. The summed E-state index contributed by atoms with van der Waals surface area (Å²) in [5.41, 5.74) is 22.2. The normalized spacial score (nSPS) is 13.1. The topological polar surface area (TPSA) is 172 Å². The summed E-state index contributed by atoms with van der Waals surface area (Å²) in [6.45, 7) is 15.5. The van der Waals surface area contributed by atoms with E-state index in [-0.39, 0.29) is 5.91 Å². The van der Waals surface area contributed by atoms with Crippen molar-refractivity contribution in [3.8, 4) is 22.5 Å². The number of likely N-dealkylation sites (N-methyl/N-ethyl adjacent to an activating group) is 4. The molecule has 0 fully saturated rings. The van der Waals surface area contributed by atoms with Crippen LogP contribution in [0.25, 0.3) is 44.3 Å². The zero-order valence-corrected chi connectivity index (χ0v) is 43.9. The monoisotopic (exact) mass is 997 g/mol. The maximum absolute atomic E-state index is 12.3. The molecule has 0 saturated heterocycles. The van der Waals surface area contributed by atoms with Gasteiger partial charge in [0.25, 0.3) is 0 Å². The zero-order valence-electron chi connectivity index (χ0n) is 43.9. The molecule has 0 atom stereocenters. The van der Waals surface area contributed by atoms with Crippen LogP contribution >= 0.6 is 0 Å². The van der Waals surface area contributed by atoms with Crippen LogP contribution in [0.3, 0.4) is 0 Å². The number of aryl methyl sites for hydroxylation is 2. The van der Waals surface area contributed by atoms with Crippen LogP contribution in [-0.4, -0.2) is 126 Å². The van der Waals surface area contributed by atoms with E-state index in [4.69, 9.17) is 25.2 Å². The molecule has 0 radical (unpaired) electrons. The molecule has 0 aliphatic carbocycles. The first-order chi connectivity index (χ1) is 35.8. The van der Waals surface area contributed by atoms with Crippen LogP contribution in [0, 0.1) is 13.8 Å². The molecule has 4 aromatic carbocycles. The van der Waals surface area contributed by atoms with Crippen molar-refractivity contribution in [2.75, 3.05) is 113 Å². The molecule has 2 aliphatic rings. The lowest BCUT2D eigenvalue weighted by atomic mass is 10.1. The molecular weight excluding hydrogens is 929 g/mol. The van der Waals surface area contributed by atoms with Gasteiger partial charge in [-0.25, -0.2) is 19.9 Å². The summed E-state index contributed by atoms with van der Waals surface area (Å²) in [5, 5.41) is 12.1. The third-order valence-electron chi connectivity index (χ3n) is 13.6. The molecule has 0 unspecified atom stereocenters. The summed E-state index contributed by atoms with van der Waals surface area (Å²) >= 11 is 0. The number of anilines is 8. The predicted octanol–water partition coefficient (Wildman–Crippen LogP) is 9.06. The first kappa shape index (κ1) is 51.1. The maximum atomic E-state index is 12.3. The molecule has 17 heteroatoms. The number of carbonyl (C=O) groups excluding carboxylic acids is 1. The van der Waals surface area contributed by atoms with Crippen molar-refractivity contribution in [1.82, 2.24) is 38.9 Å². The van der Waals surface area contributed by atoms with Crippen molar-refractivity contribution in [2.45, 2.75) is 40.2 Å². The number of fused-ring (bicyclic) bond motifs is 6. The largest absolute Gasteiger partial charge is 0.397 e. The van der Waals surface area contributed by atoms with Crippen molar-refractivity contribution in [3.05, 3.63) is 132 Å². The molecule has 17 nitrogen and oxygen atoms in total. The number of nitrogens with zero attached hydrogens (tertiary/aromatic N) is 10. The van der Waals surface area contributed by atoms with Crippen LogP contribution in [0.4, 0.5) is 46.0 Å². The van der Waals surface area contributed by atoms with E-state index in [0.717, 1.165) is 125 Å². The fraction of sp³-hybridized carbons (Fsp3) is 0.316. The van der Waals surface area contributed by atoms with Gasteiger partial charge in [-0.3, -0.25) is 4.79 Å². The third kappa shape index (κ3) is 11.1. The number of carbonyl (C=O) groups is 1. The average Bonchev–Trinajstić information content (AvgIpc) is 3.93. The fourth-order valence-corrected chi connectivity index (χ4v) is 9.64. The average molecular weight is 997 g/mol. The standard InChI is InChI=1S/C30H35N7O2.C27H33N7O/c1-6-28(38)32-24-18-23(20(2)17-26(24)36(5)14-13-35(3)4)34-30-31-12-11-22(33-30)29-21-9-7-8-10-25(21)37-15-16-39-19-27(29)37;1-18-15-24(33(4)12-11-32(2)3)20(28)16-22(18)31-27-29-10-9-21(30-27)26-19-7-5-6-8-23(19)34-13-14-35-17-25(26)34/h6-12,17-18H,1,13-16,19H2,2-5H3,(H,32,38)(H,31,33,34);5-10,15-16H,11-14,17,28H2,1-4H3,(H,29,30,31). The Hall–Kier alpha value is -7.83. The quantitative estimate of drug-likeness (QED) is 0.0534. The van der Waals surface area contributed by atoms with E-state index in [1.807, 2.05) is 52.3 Å². The molecule has 8 aromatic rings. The summed E-state index contributed by atoms with van der Waals surface area (Å²) < 4.78 is 16.3. The Bertz CT molecular complexity index is 3320. The highest BCUT2D eigenvalue weighted by Crippen LogP contribution is 2.39. The Morgan fingerprint density at radius 1 is 0.649 bits per heavy atom. The van der Waals surface area contributed by atoms with E-state index >= 15 is 0 Å². The van der Waals surface area contributed by atoms with Crippen LogP contribution in [-0.2, 0) is 40.6 Å². The van der Waals surface area contributed by atoms with E-state index in [1.54, 1.807) is 12.4 Å². The minimum absolute atomic E-state index is 0.266. The molecule has 74 heavy (non-hydrogen) atoms. The second-order valence-corrected chi connectivity index (χ2v) is 19.4. The van der Waals surface area contributed by atoms with Gasteiger partial charge in [0.1, 0.15) is 0 Å². The second kappa shape index (κ2) is 22.5. The first-order valence-corrected chi connectivity index (χ1v) is 25.0. The first-order valence-electron chi connectivity index (χ1n) is 25.0. The van der Waals surface area contributed by atoms with Crippen LogP contribution in [0.5, 0.6) is 0 Å². The molecule has 0 spiro atoms. The minimum atomic E-state index is -0.266. The van der Waals surface area contributed by atoms with Gasteiger partial charge in [0.05, 0.1) is 72.0 Å². The molecule has 5 N–H and O–H groups in total. The zero-order chi connectivity index (χ0) is 52.0. The van der Waals surface area contributed by atoms with Gasteiger partial charge in [-0.15, -0.1) is 0 Å². The number of nitrogens with one attached hydrogen (secondary N) is 3. The lowest BCUT2D eigenvalue weighted by Gasteiger charge is -2.25. The number of rotatable bonds is 16. The number of benzene rings is 4. The van der Waals surface area contributed by atoms with Crippen molar-refractivity contribution in [1.29, 1.82) is 0 Å². The predicted molar refractivity (Wildman–Crippen MR) is 301 cm³/mol. The van der Waals surface area contributed by atoms with Gasteiger partial charge in [0.2, 0.25) is 17.8 Å². The summed E-state index contributed by atoms with van der Waals surface area (Å²) in [7, 11) is 12.3. The van der Waals surface area contributed by atoms with Crippen molar-refractivity contribution in [2.24, 2.45) is 0 Å². The Balaban J connectivity index is 0.000000183. The van der Waals surface area contributed by atoms with E-state index in [2.05, 4.69) is 150 Å². The van der Waals surface area contributed by atoms with E-state index in [9.17, 15) is 4.79 Å². The van der Waals surface area contributed by atoms with Gasteiger partial charge in [-0.05, 0) is 108 Å². The molecule has 10 rings (SSSR count). The van der Waals surface area contributed by atoms with Gasteiger partial charge in [0.15, 0.2) is 0 Å². The Kier molecular flexibility index (Phi) is 15.5. The summed E-state index contributed by atoms with van der Waals surface area (Å²) in [4.78, 5) is 39.7. The van der Waals surface area contributed by atoms with E-state index < -0.39 is 0 Å².